The Morgan fingerprint density at radius 2 is 1.93 bits per heavy atom. The Bertz CT molecular complexity index is 947. The molecule has 2 amide bonds. The number of amides is 2. The van der Waals surface area contributed by atoms with Gasteiger partial charge in [0.15, 0.2) is 0 Å². The molecule has 0 atom stereocenters. The number of aliphatic hydroxyl groups excluding tert-OH is 1. The molecule has 1 N–H and O–H groups in total. The van der Waals surface area contributed by atoms with Gasteiger partial charge in [0.25, 0.3) is 16.8 Å². The standard InChI is InChI=1S/C19H16N2O5S2/c22-8-9-27-16-7-6-14(10-15(16)21(25)26)11-17-18(23)20(19(24)28-17)12-13-4-2-1-3-5-13/h1-7,10-11,22H,8-9,12H2/b17-11-. The van der Waals surface area contributed by atoms with Crippen LogP contribution in [0, 0.1) is 10.1 Å². The molecule has 0 aliphatic carbocycles. The van der Waals surface area contributed by atoms with Crippen molar-refractivity contribution in [2.75, 3.05) is 12.4 Å². The van der Waals surface area contributed by atoms with Crippen molar-refractivity contribution in [3.05, 3.63) is 74.7 Å². The van der Waals surface area contributed by atoms with E-state index < -0.39 is 10.8 Å². The van der Waals surface area contributed by atoms with Gasteiger partial charge in [-0.3, -0.25) is 24.6 Å². The number of nitro groups is 1. The molecule has 9 heteroatoms. The molecule has 0 saturated carbocycles. The van der Waals surface area contributed by atoms with Gasteiger partial charge in [-0.25, -0.2) is 0 Å². The summed E-state index contributed by atoms with van der Waals surface area (Å²) >= 11 is 2.00. The number of thioether (sulfide) groups is 2. The number of imide groups is 1. The first kappa shape index (κ1) is 20.1. The number of hydrogen-bond acceptors (Lipinski definition) is 7. The molecule has 1 saturated heterocycles. The second-order valence-electron chi connectivity index (χ2n) is 5.81. The molecule has 0 unspecified atom stereocenters. The normalized spacial score (nSPS) is 15.5. The number of benzene rings is 2. The molecule has 1 heterocycles. The maximum absolute atomic E-state index is 12.6. The Labute approximate surface area is 169 Å². The minimum absolute atomic E-state index is 0.0852. The van der Waals surface area contributed by atoms with Gasteiger partial charge in [0.1, 0.15) is 0 Å². The fraction of sp³-hybridized carbons (Fsp3) is 0.158. The van der Waals surface area contributed by atoms with E-state index in [4.69, 9.17) is 5.11 Å². The Kier molecular flexibility index (Phi) is 6.50. The van der Waals surface area contributed by atoms with Crippen LogP contribution in [0.4, 0.5) is 10.5 Å². The van der Waals surface area contributed by atoms with Crippen LogP contribution in [0.2, 0.25) is 0 Å². The van der Waals surface area contributed by atoms with Crippen molar-refractivity contribution in [3.8, 4) is 0 Å². The van der Waals surface area contributed by atoms with Crippen LogP contribution in [-0.4, -0.2) is 38.4 Å². The molecule has 7 nitrogen and oxygen atoms in total. The van der Waals surface area contributed by atoms with E-state index in [1.54, 1.807) is 12.1 Å². The first-order chi connectivity index (χ1) is 13.5. The minimum Gasteiger partial charge on any atom is -0.396 e. The molecule has 0 spiro atoms. The number of carbonyl (C=O) groups excluding carboxylic acids is 2. The molecule has 0 aromatic heterocycles. The average Bonchev–Trinajstić information content (AvgIpc) is 2.95. The van der Waals surface area contributed by atoms with Crippen molar-refractivity contribution in [2.24, 2.45) is 0 Å². The summed E-state index contributed by atoms with van der Waals surface area (Å²) in [7, 11) is 0. The van der Waals surface area contributed by atoms with Gasteiger partial charge in [0.2, 0.25) is 0 Å². The smallest absolute Gasteiger partial charge is 0.293 e. The Morgan fingerprint density at radius 1 is 1.18 bits per heavy atom. The number of nitro benzene ring substituents is 1. The van der Waals surface area contributed by atoms with E-state index in [-0.39, 0.29) is 29.0 Å². The number of carbonyl (C=O) groups is 2. The van der Waals surface area contributed by atoms with Gasteiger partial charge in [-0.2, -0.15) is 0 Å². The molecule has 28 heavy (non-hydrogen) atoms. The van der Waals surface area contributed by atoms with Crippen molar-refractivity contribution in [1.82, 2.24) is 4.90 Å². The van der Waals surface area contributed by atoms with Gasteiger partial charge in [-0.05, 0) is 35.0 Å². The summed E-state index contributed by atoms with van der Waals surface area (Å²) in [5.41, 5.74) is 1.20. The van der Waals surface area contributed by atoms with E-state index >= 15 is 0 Å². The van der Waals surface area contributed by atoms with E-state index in [0.717, 1.165) is 22.2 Å². The van der Waals surface area contributed by atoms with Gasteiger partial charge >= 0.3 is 0 Å². The number of nitrogens with zero attached hydrogens (tertiary/aromatic N) is 2. The zero-order valence-corrected chi connectivity index (χ0v) is 16.2. The average molecular weight is 416 g/mol. The first-order valence-corrected chi connectivity index (χ1v) is 10.1. The van der Waals surface area contributed by atoms with Gasteiger partial charge in [-0.1, -0.05) is 36.4 Å². The van der Waals surface area contributed by atoms with Gasteiger partial charge in [0.05, 0.1) is 27.9 Å². The molecular weight excluding hydrogens is 400 g/mol. The molecule has 144 valence electrons. The fourth-order valence-electron chi connectivity index (χ4n) is 2.60. The molecule has 3 rings (SSSR count). The molecule has 0 radical (unpaired) electrons. The van der Waals surface area contributed by atoms with Crippen LogP contribution in [0.15, 0.2) is 58.3 Å². The second-order valence-corrected chi connectivity index (χ2v) is 7.94. The molecular formula is C19H16N2O5S2. The zero-order valence-electron chi connectivity index (χ0n) is 14.6. The third-order valence-corrected chi connectivity index (χ3v) is 5.83. The summed E-state index contributed by atoms with van der Waals surface area (Å²) in [5.74, 6) is -0.0707. The van der Waals surface area contributed by atoms with Gasteiger partial charge in [0, 0.05) is 11.8 Å². The van der Waals surface area contributed by atoms with E-state index in [2.05, 4.69) is 0 Å². The van der Waals surface area contributed by atoms with Crippen molar-refractivity contribution in [2.45, 2.75) is 11.4 Å². The van der Waals surface area contributed by atoms with Gasteiger partial charge in [-0.15, -0.1) is 11.8 Å². The van der Waals surface area contributed by atoms with Crippen LogP contribution < -0.4 is 0 Å². The minimum atomic E-state index is -0.502. The Morgan fingerprint density at radius 3 is 2.61 bits per heavy atom. The highest BCUT2D eigenvalue weighted by molar-refractivity contribution is 8.18. The lowest BCUT2D eigenvalue weighted by Crippen LogP contribution is -2.27. The first-order valence-electron chi connectivity index (χ1n) is 8.31. The summed E-state index contributed by atoms with van der Waals surface area (Å²) in [6.07, 6.45) is 1.49. The second kappa shape index (κ2) is 9.05. The van der Waals surface area contributed by atoms with Crippen LogP contribution in [0.5, 0.6) is 0 Å². The highest BCUT2D eigenvalue weighted by atomic mass is 32.2. The molecule has 1 fully saturated rings. The largest absolute Gasteiger partial charge is 0.396 e. The summed E-state index contributed by atoms with van der Waals surface area (Å²) in [5, 5.41) is 19.9. The lowest BCUT2D eigenvalue weighted by Gasteiger charge is -2.12. The predicted molar refractivity (Wildman–Crippen MR) is 109 cm³/mol. The van der Waals surface area contributed by atoms with Crippen molar-refractivity contribution in [3.63, 3.8) is 0 Å². The summed E-state index contributed by atoms with van der Waals surface area (Å²) < 4.78 is 0. The third-order valence-electron chi connectivity index (χ3n) is 3.88. The van der Waals surface area contributed by atoms with E-state index in [9.17, 15) is 19.7 Å². The van der Waals surface area contributed by atoms with E-state index in [1.807, 2.05) is 30.3 Å². The Hall–Kier alpha value is -2.62. The zero-order chi connectivity index (χ0) is 20.1. The van der Waals surface area contributed by atoms with Crippen molar-refractivity contribution < 1.29 is 19.6 Å². The van der Waals surface area contributed by atoms with Crippen LogP contribution in [0.3, 0.4) is 0 Å². The number of aliphatic hydroxyl groups is 1. The molecule has 1 aliphatic rings. The number of hydrogen-bond donors (Lipinski definition) is 1. The fourth-order valence-corrected chi connectivity index (χ4v) is 4.19. The molecule has 2 aromatic rings. The van der Waals surface area contributed by atoms with Crippen molar-refractivity contribution >= 4 is 46.4 Å². The Balaban J connectivity index is 1.83. The lowest BCUT2D eigenvalue weighted by molar-refractivity contribution is -0.387. The maximum atomic E-state index is 12.6. The summed E-state index contributed by atoms with van der Waals surface area (Å²) in [6.45, 7) is 0.0951. The van der Waals surface area contributed by atoms with Crippen LogP contribution in [0.25, 0.3) is 6.08 Å². The summed E-state index contributed by atoms with van der Waals surface area (Å²) in [4.78, 5) is 37.5. The maximum Gasteiger partial charge on any atom is 0.293 e. The topological polar surface area (TPSA) is 101 Å². The van der Waals surface area contributed by atoms with Crippen LogP contribution in [-0.2, 0) is 11.3 Å². The lowest BCUT2D eigenvalue weighted by atomic mass is 10.1. The molecule has 0 bridgehead atoms. The highest BCUT2D eigenvalue weighted by Crippen LogP contribution is 2.35. The summed E-state index contributed by atoms with van der Waals surface area (Å²) in [6, 6.07) is 13.8. The van der Waals surface area contributed by atoms with E-state index in [0.29, 0.717) is 16.2 Å². The van der Waals surface area contributed by atoms with Crippen LogP contribution in [0.1, 0.15) is 11.1 Å². The monoisotopic (exact) mass is 416 g/mol. The van der Waals surface area contributed by atoms with Crippen LogP contribution >= 0.6 is 23.5 Å². The van der Waals surface area contributed by atoms with Gasteiger partial charge < -0.3 is 5.11 Å². The molecule has 2 aromatic carbocycles. The predicted octanol–water partition coefficient (Wildman–Crippen LogP) is 3.92. The number of rotatable bonds is 7. The van der Waals surface area contributed by atoms with E-state index in [1.165, 1.54) is 23.9 Å². The molecule has 1 aliphatic heterocycles. The third kappa shape index (κ3) is 4.61. The quantitative estimate of drug-likeness (QED) is 0.316. The SMILES string of the molecule is O=C1S/C(=C\c2ccc(SCCO)c([N+](=O)[O-])c2)C(=O)N1Cc1ccccc1. The van der Waals surface area contributed by atoms with Crippen molar-refractivity contribution in [1.29, 1.82) is 0 Å². The highest BCUT2D eigenvalue weighted by Gasteiger charge is 2.35.